The summed E-state index contributed by atoms with van der Waals surface area (Å²) in [6.45, 7) is 3.50. The molecule has 1 N–H and O–H groups in total. The molecule has 1 rings (SSSR count). The predicted octanol–water partition coefficient (Wildman–Crippen LogP) is 1.88. The molecule has 1 aliphatic heterocycles. The second-order valence-electron chi connectivity index (χ2n) is 1.58. The van der Waals surface area contributed by atoms with Crippen molar-refractivity contribution in [2.24, 2.45) is 0 Å². The fourth-order valence-corrected chi connectivity index (χ4v) is 0.803. The summed E-state index contributed by atoms with van der Waals surface area (Å²) in [5, 5.41) is 7.11. The second-order valence-corrected chi connectivity index (χ2v) is 2.12. The van der Waals surface area contributed by atoms with Gasteiger partial charge in [0.05, 0.1) is 0 Å². The molecule has 0 saturated heterocycles. The molecule has 1 heterocycles. The third-order valence-corrected chi connectivity index (χ3v) is 1.46. The highest BCUT2D eigenvalue weighted by atomic mass is 32.2. The minimum absolute atomic E-state index is 0.00542. The van der Waals surface area contributed by atoms with Gasteiger partial charge in [-0.3, -0.25) is 5.41 Å². The van der Waals surface area contributed by atoms with E-state index in [4.69, 9.17) is 5.41 Å². The first-order chi connectivity index (χ1) is 4.25. The highest BCUT2D eigenvalue weighted by molar-refractivity contribution is 7.92. The quantitative estimate of drug-likeness (QED) is 0.569. The van der Waals surface area contributed by atoms with Gasteiger partial charge in [-0.25, -0.2) is 4.31 Å². The van der Waals surface area contributed by atoms with Crippen molar-refractivity contribution in [2.45, 2.75) is 0 Å². The molecule has 0 radical (unpaired) electrons. The summed E-state index contributed by atoms with van der Waals surface area (Å²) in [6, 6.07) is 0. The summed E-state index contributed by atoms with van der Waals surface area (Å²) < 4.78 is 12.8. The van der Waals surface area contributed by atoms with Crippen LogP contribution >= 0.6 is 12.3 Å². The van der Waals surface area contributed by atoms with Gasteiger partial charge in [0.1, 0.15) is 5.84 Å². The SMILES string of the molecule is C=C1C=CN(SF)C1=N. The Hall–Kier alpha value is -0.770. The van der Waals surface area contributed by atoms with Crippen LogP contribution in [0, 0.1) is 5.41 Å². The molecule has 2 nitrogen and oxygen atoms in total. The number of nitrogens with zero attached hydrogens (tertiary/aromatic N) is 1. The molecule has 4 heteroatoms. The van der Waals surface area contributed by atoms with Crippen molar-refractivity contribution in [3.63, 3.8) is 0 Å². The molecule has 0 bridgehead atoms. The van der Waals surface area contributed by atoms with Crippen LogP contribution in [0.2, 0.25) is 0 Å². The molecule has 0 aliphatic carbocycles. The molecule has 0 aromatic rings. The lowest BCUT2D eigenvalue weighted by atomic mass is 10.3. The van der Waals surface area contributed by atoms with E-state index in [0.717, 1.165) is 4.31 Å². The first-order valence-corrected chi connectivity index (χ1v) is 2.97. The Balaban J connectivity index is 2.73. The van der Waals surface area contributed by atoms with Crippen LogP contribution in [0.5, 0.6) is 0 Å². The topological polar surface area (TPSA) is 27.1 Å². The summed E-state index contributed by atoms with van der Waals surface area (Å²) in [4.78, 5) is 0. The smallest absolute Gasteiger partial charge is 0.171 e. The minimum Gasteiger partial charge on any atom is -0.283 e. The van der Waals surface area contributed by atoms with Gasteiger partial charge in [0.15, 0.2) is 12.3 Å². The zero-order valence-electron chi connectivity index (χ0n) is 4.60. The van der Waals surface area contributed by atoms with E-state index in [1.165, 1.54) is 6.20 Å². The van der Waals surface area contributed by atoms with Gasteiger partial charge in [0.25, 0.3) is 0 Å². The summed E-state index contributed by atoms with van der Waals surface area (Å²) >= 11 is 0.00542. The molecule has 0 amide bonds. The monoisotopic (exact) mass is 144 g/mol. The molecule has 0 aromatic carbocycles. The second kappa shape index (κ2) is 2.23. The molecule has 9 heavy (non-hydrogen) atoms. The fraction of sp³-hybridized carbons (Fsp3) is 0. The normalized spacial score (nSPS) is 17.7. The standard InChI is InChI=1S/C5H5FN2S/c1-4-2-3-8(9-6)5(4)7/h2-3,7H,1H2. The molecule has 48 valence electrons. The fourth-order valence-electron chi connectivity index (χ4n) is 0.510. The first-order valence-electron chi connectivity index (χ1n) is 2.29. The highest BCUT2D eigenvalue weighted by Gasteiger charge is 2.14. The summed E-state index contributed by atoms with van der Waals surface area (Å²) in [5.74, 6) is 0.113. The molecule has 1 aliphatic rings. The third-order valence-electron chi connectivity index (χ3n) is 1.01. The minimum atomic E-state index is 0.00542. The maximum absolute atomic E-state index is 11.7. The van der Waals surface area contributed by atoms with Gasteiger partial charge in [0, 0.05) is 11.8 Å². The van der Waals surface area contributed by atoms with E-state index in [1.807, 2.05) is 0 Å². The van der Waals surface area contributed by atoms with E-state index in [-0.39, 0.29) is 18.2 Å². The van der Waals surface area contributed by atoms with Gasteiger partial charge in [0.2, 0.25) is 0 Å². The number of nitrogens with one attached hydrogen (secondary N) is 1. The van der Waals surface area contributed by atoms with Crippen molar-refractivity contribution in [3.8, 4) is 0 Å². The van der Waals surface area contributed by atoms with Gasteiger partial charge in [-0.2, -0.15) is 0 Å². The van der Waals surface area contributed by atoms with Crippen molar-refractivity contribution >= 4 is 18.2 Å². The van der Waals surface area contributed by atoms with Crippen LogP contribution in [0.15, 0.2) is 24.4 Å². The third kappa shape index (κ3) is 0.977. The number of amidine groups is 1. The number of halogens is 1. The molecular weight excluding hydrogens is 139 g/mol. The van der Waals surface area contributed by atoms with Crippen LogP contribution in [0.25, 0.3) is 0 Å². The van der Waals surface area contributed by atoms with E-state index in [1.54, 1.807) is 6.08 Å². The zero-order chi connectivity index (χ0) is 6.85. The maximum atomic E-state index is 11.7. The first kappa shape index (κ1) is 6.35. The Labute approximate surface area is 57.0 Å². The Morgan fingerprint density at radius 1 is 1.78 bits per heavy atom. The van der Waals surface area contributed by atoms with Crippen molar-refractivity contribution in [1.29, 1.82) is 5.41 Å². The number of hydrogen-bond acceptors (Lipinski definition) is 2. The van der Waals surface area contributed by atoms with Gasteiger partial charge in [-0.05, 0) is 6.08 Å². The lowest BCUT2D eigenvalue weighted by Crippen LogP contribution is -2.10. The Morgan fingerprint density at radius 3 is 2.67 bits per heavy atom. The maximum Gasteiger partial charge on any atom is 0.171 e. The number of hydrogen-bond donors (Lipinski definition) is 1. The largest absolute Gasteiger partial charge is 0.283 e. The summed E-state index contributed by atoms with van der Waals surface area (Å²) in [7, 11) is 0. The number of rotatable bonds is 1. The van der Waals surface area contributed by atoms with Crippen LogP contribution in [-0.2, 0) is 0 Å². The van der Waals surface area contributed by atoms with Crippen molar-refractivity contribution in [2.75, 3.05) is 0 Å². The lowest BCUT2D eigenvalue weighted by Gasteiger charge is -2.05. The Kier molecular flexibility index (Phi) is 1.57. The molecule has 0 aromatic heterocycles. The molecule has 0 fully saturated rings. The van der Waals surface area contributed by atoms with Crippen molar-refractivity contribution in [3.05, 3.63) is 24.4 Å². The zero-order valence-corrected chi connectivity index (χ0v) is 5.41. The Bertz CT molecular complexity index is 187. The van der Waals surface area contributed by atoms with E-state index in [0.29, 0.717) is 5.57 Å². The predicted molar refractivity (Wildman–Crippen MR) is 36.5 cm³/mol. The van der Waals surface area contributed by atoms with Crippen molar-refractivity contribution in [1.82, 2.24) is 4.31 Å². The molecule has 0 saturated carbocycles. The van der Waals surface area contributed by atoms with Gasteiger partial charge >= 0.3 is 0 Å². The van der Waals surface area contributed by atoms with Gasteiger partial charge in [-0.15, -0.1) is 3.89 Å². The molecule has 0 unspecified atom stereocenters. The van der Waals surface area contributed by atoms with E-state index < -0.39 is 0 Å². The van der Waals surface area contributed by atoms with Crippen LogP contribution < -0.4 is 0 Å². The molecular formula is C5H5FN2S. The Morgan fingerprint density at radius 2 is 2.44 bits per heavy atom. The van der Waals surface area contributed by atoms with Crippen molar-refractivity contribution < 1.29 is 3.89 Å². The molecule has 0 spiro atoms. The highest BCUT2D eigenvalue weighted by Crippen LogP contribution is 2.21. The van der Waals surface area contributed by atoms with Gasteiger partial charge < -0.3 is 0 Å². The molecule has 0 atom stereocenters. The summed E-state index contributed by atoms with van der Waals surface area (Å²) in [5.41, 5.74) is 0.542. The van der Waals surface area contributed by atoms with Crippen LogP contribution in [0.3, 0.4) is 0 Å². The lowest BCUT2D eigenvalue weighted by molar-refractivity contribution is 0.832. The van der Waals surface area contributed by atoms with Crippen LogP contribution in [0.4, 0.5) is 3.89 Å². The van der Waals surface area contributed by atoms with Crippen LogP contribution in [-0.4, -0.2) is 10.1 Å². The van der Waals surface area contributed by atoms with Gasteiger partial charge in [-0.1, -0.05) is 6.58 Å². The van der Waals surface area contributed by atoms with E-state index in [2.05, 4.69) is 6.58 Å². The van der Waals surface area contributed by atoms with Crippen LogP contribution in [0.1, 0.15) is 0 Å². The summed E-state index contributed by atoms with van der Waals surface area (Å²) in [6.07, 6.45) is 3.06. The average molecular weight is 144 g/mol. The average Bonchev–Trinajstić information content (AvgIpc) is 2.15. The van der Waals surface area contributed by atoms with E-state index in [9.17, 15) is 3.89 Å². The van der Waals surface area contributed by atoms with E-state index >= 15 is 0 Å².